The number of halogens is 2. The van der Waals surface area contributed by atoms with E-state index in [-0.39, 0.29) is 12.4 Å². The second kappa shape index (κ2) is 10.9. The highest BCUT2D eigenvalue weighted by Gasteiger charge is 2.16. The quantitative estimate of drug-likeness (QED) is 0.220. The lowest BCUT2D eigenvalue weighted by atomic mass is 10.2. The van der Waals surface area contributed by atoms with Gasteiger partial charge in [0.1, 0.15) is 12.4 Å². The molecule has 0 amide bonds. The van der Waals surface area contributed by atoms with E-state index >= 15 is 0 Å². The van der Waals surface area contributed by atoms with Crippen LogP contribution in [0.4, 0.5) is 0 Å². The molecule has 0 saturated carbocycles. The normalized spacial score (nSPS) is 12.4. The number of rotatable bonds is 8. The molecule has 0 aliphatic carbocycles. The number of methoxy groups -OCH3 is 1. The molecule has 1 aromatic heterocycles. The molecular formula is C27H23Br2N3O5. The average molecular weight is 629 g/mol. The fraction of sp³-hybridized carbons (Fsp3) is 0.222. The Kier molecular flexibility index (Phi) is 7.48. The highest BCUT2D eigenvalue weighted by Crippen LogP contribution is 2.38. The van der Waals surface area contributed by atoms with Gasteiger partial charge in [0.05, 0.1) is 28.7 Å². The fourth-order valence-corrected chi connectivity index (χ4v) is 4.90. The van der Waals surface area contributed by atoms with Crippen LogP contribution in [0.2, 0.25) is 0 Å². The predicted octanol–water partition coefficient (Wildman–Crippen LogP) is 6.07. The summed E-state index contributed by atoms with van der Waals surface area (Å²) in [5.41, 5.74) is 2.09. The van der Waals surface area contributed by atoms with Crippen LogP contribution < -0.4 is 24.5 Å². The Hall–Kier alpha value is -3.37. The number of benzene rings is 3. The van der Waals surface area contributed by atoms with Gasteiger partial charge in [-0.2, -0.15) is 9.78 Å². The summed E-state index contributed by atoms with van der Waals surface area (Å²) in [7, 11) is 1.57. The number of fused-ring (bicyclic) bond motifs is 2. The number of nitrogens with zero attached hydrogens (tertiary/aromatic N) is 3. The van der Waals surface area contributed by atoms with Gasteiger partial charge in [0.15, 0.2) is 23.0 Å². The van der Waals surface area contributed by atoms with Crippen molar-refractivity contribution in [2.45, 2.75) is 26.4 Å². The minimum absolute atomic E-state index is 0.222. The van der Waals surface area contributed by atoms with Gasteiger partial charge in [-0.15, -0.1) is 0 Å². The second-order valence-electron chi connectivity index (χ2n) is 8.31. The molecule has 0 bridgehead atoms. The average Bonchev–Trinajstić information content (AvgIpc) is 3.36. The van der Waals surface area contributed by atoms with Gasteiger partial charge in [-0.25, -0.2) is 4.98 Å². The van der Waals surface area contributed by atoms with E-state index < -0.39 is 0 Å². The molecule has 190 valence electrons. The van der Waals surface area contributed by atoms with Crippen LogP contribution in [0, 0.1) is 0 Å². The molecule has 37 heavy (non-hydrogen) atoms. The van der Waals surface area contributed by atoms with E-state index in [2.05, 4.69) is 41.9 Å². The van der Waals surface area contributed by atoms with Crippen LogP contribution >= 0.6 is 31.9 Å². The Morgan fingerprint density at radius 2 is 1.95 bits per heavy atom. The molecule has 8 nitrogen and oxygen atoms in total. The van der Waals surface area contributed by atoms with E-state index in [1.807, 2.05) is 43.3 Å². The van der Waals surface area contributed by atoms with Crippen LogP contribution in [0.1, 0.15) is 30.3 Å². The van der Waals surface area contributed by atoms with Crippen molar-refractivity contribution in [1.82, 2.24) is 9.66 Å². The van der Waals surface area contributed by atoms with Crippen molar-refractivity contribution in [3.05, 3.63) is 84.8 Å². The van der Waals surface area contributed by atoms with Crippen molar-refractivity contribution < 1.29 is 18.9 Å². The Morgan fingerprint density at radius 3 is 2.76 bits per heavy atom. The van der Waals surface area contributed by atoms with E-state index in [1.165, 1.54) is 4.68 Å². The summed E-state index contributed by atoms with van der Waals surface area (Å²) in [5.74, 6) is 3.11. The van der Waals surface area contributed by atoms with Gasteiger partial charge < -0.3 is 18.9 Å². The standard InChI is InChI=1S/C27H23Br2N3O5/c1-3-4-25-31-21-7-6-18(28)12-19(21)27(33)32(25)30-13-17-9-20(29)26(24(11-17)34-2)35-14-16-5-8-22-23(10-16)37-15-36-22/h5-13H,3-4,14-15H2,1-2H3. The molecule has 0 unspecified atom stereocenters. The van der Waals surface area contributed by atoms with Gasteiger partial charge in [-0.3, -0.25) is 4.79 Å². The second-order valence-corrected chi connectivity index (χ2v) is 10.1. The molecule has 1 aliphatic rings. The summed E-state index contributed by atoms with van der Waals surface area (Å²) in [5, 5.41) is 5.00. The maximum absolute atomic E-state index is 13.2. The molecule has 0 atom stereocenters. The molecule has 0 saturated heterocycles. The van der Waals surface area contributed by atoms with Gasteiger partial charge in [0, 0.05) is 10.9 Å². The van der Waals surface area contributed by atoms with E-state index in [9.17, 15) is 4.79 Å². The topological polar surface area (TPSA) is 84.2 Å². The Labute approximate surface area is 230 Å². The molecular weight excluding hydrogens is 606 g/mol. The van der Waals surface area contributed by atoms with Crippen molar-refractivity contribution in [3.8, 4) is 23.0 Å². The molecule has 0 N–H and O–H groups in total. The lowest BCUT2D eigenvalue weighted by molar-refractivity contribution is 0.174. The molecule has 1 aliphatic heterocycles. The van der Waals surface area contributed by atoms with E-state index in [0.29, 0.717) is 51.5 Å². The summed E-state index contributed by atoms with van der Waals surface area (Å²) in [4.78, 5) is 17.9. The lowest BCUT2D eigenvalue weighted by Gasteiger charge is -2.14. The summed E-state index contributed by atoms with van der Waals surface area (Å²) < 4.78 is 25.3. The summed E-state index contributed by atoms with van der Waals surface area (Å²) >= 11 is 7.02. The van der Waals surface area contributed by atoms with Crippen LogP contribution in [0.25, 0.3) is 10.9 Å². The van der Waals surface area contributed by atoms with Crippen molar-refractivity contribution >= 4 is 49.0 Å². The number of hydrogen-bond acceptors (Lipinski definition) is 7. The third kappa shape index (κ3) is 5.35. The smallest absolute Gasteiger partial charge is 0.282 e. The van der Waals surface area contributed by atoms with Crippen LogP contribution in [0.15, 0.2) is 67.4 Å². The minimum Gasteiger partial charge on any atom is -0.493 e. The molecule has 2 heterocycles. The highest BCUT2D eigenvalue weighted by atomic mass is 79.9. The SMILES string of the molecule is CCCc1nc2ccc(Br)cc2c(=O)n1N=Cc1cc(Br)c(OCc2ccc3c(c2)OCO3)c(OC)c1. The third-order valence-electron chi connectivity index (χ3n) is 5.74. The number of ether oxygens (including phenoxy) is 4. The number of aryl methyl sites for hydroxylation is 1. The van der Waals surface area contributed by atoms with Crippen molar-refractivity contribution in [2.24, 2.45) is 5.10 Å². The fourth-order valence-electron chi connectivity index (χ4n) is 3.96. The maximum atomic E-state index is 13.2. The summed E-state index contributed by atoms with van der Waals surface area (Å²) in [6.07, 6.45) is 3.07. The molecule has 0 fully saturated rings. The summed E-state index contributed by atoms with van der Waals surface area (Å²) in [6, 6.07) is 14.8. The van der Waals surface area contributed by atoms with E-state index in [4.69, 9.17) is 18.9 Å². The molecule has 4 aromatic rings. The zero-order chi connectivity index (χ0) is 25.9. The van der Waals surface area contributed by atoms with Crippen molar-refractivity contribution in [2.75, 3.05) is 13.9 Å². The molecule has 0 spiro atoms. The lowest BCUT2D eigenvalue weighted by Crippen LogP contribution is -2.22. The van der Waals surface area contributed by atoms with Crippen molar-refractivity contribution in [3.63, 3.8) is 0 Å². The number of hydrogen-bond donors (Lipinski definition) is 0. The first-order valence-electron chi connectivity index (χ1n) is 11.6. The monoisotopic (exact) mass is 627 g/mol. The van der Waals surface area contributed by atoms with E-state index in [1.54, 1.807) is 25.5 Å². The zero-order valence-corrected chi connectivity index (χ0v) is 23.3. The van der Waals surface area contributed by atoms with Crippen LogP contribution in [0.5, 0.6) is 23.0 Å². The molecule has 10 heteroatoms. The number of aromatic nitrogens is 2. The van der Waals surface area contributed by atoms with Gasteiger partial charge in [-0.1, -0.05) is 28.9 Å². The van der Waals surface area contributed by atoms with Gasteiger partial charge in [0.25, 0.3) is 5.56 Å². The van der Waals surface area contributed by atoms with Gasteiger partial charge in [-0.05, 0) is 75.9 Å². The van der Waals surface area contributed by atoms with Crippen LogP contribution in [-0.2, 0) is 13.0 Å². The predicted molar refractivity (Wildman–Crippen MR) is 148 cm³/mol. The first-order chi connectivity index (χ1) is 18.0. The minimum atomic E-state index is -0.222. The van der Waals surface area contributed by atoms with Crippen molar-refractivity contribution in [1.29, 1.82) is 0 Å². The van der Waals surface area contributed by atoms with Crippen LogP contribution in [-0.4, -0.2) is 29.8 Å². The largest absolute Gasteiger partial charge is 0.493 e. The Balaban J connectivity index is 1.43. The third-order valence-corrected chi connectivity index (χ3v) is 6.83. The van der Waals surface area contributed by atoms with Gasteiger partial charge in [0.2, 0.25) is 6.79 Å². The van der Waals surface area contributed by atoms with E-state index in [0.717, 1.165) is 27.8 Å². The Bertz CT molecular complexity index is 1570. The highest BCUT2D eigenvalue weighted by molar-refractivity contribution is 9.10. The van der Waals surface area contributed by atoms with Crippen LogP contribution in [0.3, 0.4) is 0 Å². The molecule has 3 aromatic carbocycles. The molecule has 0 radical (unpaired) electrons. The molecule has 5 rings (SSSR count). The maximum Gasteiger partial charge on any atom is 0.282 e. The Morgan fingerprint density at radius 1 is 1.11 bits per heavy atom. The van der Waals surface area contributed by atoms with Gasteiger partial charge >= 0.3 is 0 Å². The summed E-state index contributed by atoms with van der Waals surface area (Å²) in [6.45, 7) is 2.57. The first-order valence-corrected chi connectivity index (χ1v) is 13.2. The zero-order valence-electron chi connectivity index (χ0n) is 20.2. The first kappa shape index (κ1) is 25.3.